The summed E-state index contributed by atoms with van der Waals surface area (Å²) in [6.07, 6.45) is 23.7. The van der Waals surface area contributed by atoms with Gasteiger partial charge in [-0.3, -0.25) is 4.99 Å². The van der Waals surface area contributed by atoms with Gasteiger partial charge in [0, 0.05) is 13.1 Å². The Balaban J connectivity index is 1.68. The normalized spacial score (nSPS) is 17.3. The van der Waals surface area contributed by atoms with Gasteiger partial charge < -0.3 is 4.90 Å². The summed E-state index contributed by atoms with van der Waals surface area (Å²) in [5.41, 5.74) is 0. The Kier molecular flexibility index (Phi) is 13.4. The summed E-state index contributed by atoms with van der Waals surface area (Å²) in [4.78, 5) is 6.79. The highest BCUT2D eigenvalue weighted by Crippen LogP contribution is 2.13. The highest BCUT2D eigenvalue weighted by Gasteiger charge is 2.11. The molecule has 0 bridgehead atoms. The number of unbranched alkanes of at least 4 members (excludes halogenated alkanes) is 14. The quantitative estimate of drug-likeness (QED) is 0.293. The number of nitrogens with zero attached hydrogens (tertiary/aromatic N) is 2. The molecule has 1 rings (SSSR count). The van der Waals surface area contributed by atoms with Gasteiger partial charge in [0.25, 0.3) is 0 Å². The predicted octanol–water partition coefficient (Wildman–Crippen LogP) is 6.59. The van der Waals surface area contributed by atoms with Crippen LogP contribution in [0.1, 0.15) is 110 Å². The molecule has 0 saturated carbocycles. The van der Waals surface area contributed by atoms with Crippen LogP contribution in [0.15, 0.2) is 4.99 Å². The maximum Gasteiger partial charge on any atom is 0.0854 e. The lowest BCUT2D eigenvalue weighted by Gasteiger charge is -2.14. The third-order valence-corrected chi connectivity index (χ3v) is 5.03. The number of aliphatic imine (C=N–C) groups is 1. The van der Waals surface area contributed by atoms with E-state index in [0.29, 0.717) is 6.04 Å². The zero-order valence-electron chi connectivity index (χ0n) is 16.1. The summed E-state index contributed by atoms with van der Waals surface area (Å²) in [5.74, 6) is 0. The van der Waals surface area contributed by atoms with E-state index in [9.17, 15) is 0 Å². The first-order valence-electron chi connectivity index (χ1n) is 10.6. The summed E-state index contributed by atoms with van der Waals surface area (Å²) in [6.45, 7) is 6.84. The molecule has 23 heavy (non-hydrogen) atoms. The molecule has 1 atom stereocenters. The minimum atomic E-state index is 0.520. The maximum atomic E-state index is 4.41. The second kappa shape index (κ2) is 15.0. The molecule has 0 aromatic carbocycles. The fraction of sp³-hybridized carbons (Fsp3) is 0.952. The van der Waals surface area contributed by atoms with Crippen LogP contribution < -0.4 is 0 Å². The van der Waals surface area contributed by atoms with Crippen molar-refractivity contribution in [3.8, 4) is 0 Å². The lowest BCUT2D eigenvalue weighted by Crippen LogP contribution is -2.23. The molecule has 0 amide bonds. The first-order valence-corrected chi connectivity index (χ1v) is 10.6. The van der Waals surface area contributed by atoms with Crippen molar-refractivity contribution in [1.29, 1.82) is 0 Å². The largest absolute Gasteiger partial charge is 0.361 e. The monoisotopic (exact) mass is 322 g/mol. The van der Waals surface area contributed by atoms with E-state index in [0.717, 1.165) is 6.54 Å². The van der Waals surface area contributed by atoms with Crippen LogP contribution in [0.2, 0.25) is 0 Å². The molecule has 0 fully saturated rings. The van der Waals surface area contributed by atoms with Gasteiger partial charge in [-0.25, -0.2) is 0 Å². The molecular weight excluding hydrogens is 280 g/mol. The highest BCUT2D eigenvalue weighted by molar-refractivity contribution is 5.57. The number of rotatable bonds is 16. The van der Waals surface area contributed by atoms with E-state index in [4.69, 9.17) is 0 Å². The molecule has 0 aromatic rings. The number of hydrogen-bond acceptors (Lipinski definition) is 2. The molecule has 1 heterocycles. The van der Waals surface area contributed by atoms with E-state index in [2.05, 4.69) is 30.1 Å². The van der Waals surface area contributed by atoms with Crippen LogP contribution in [-0.2, 0) is 0 Å². The number of hydrogen-bond donors (Lipinski definition) is 0. The molecular formula is C21H42N2. The van der Waals surface area contributed by atoms with Crippen LogP contribution in [0.5, 0.6) is 0 Å². The molecule has 0 radical (unpaired) electrons. The first kappa shape index (κ1) is 20.5. The van der Waals surface area contributed by atoms with E-state index in [1.54, 1.807) is 0 Å². The lowest BCUT2D eigenvalue weighted by molar-refractivity contribution is 0.417. The maximum absolute atomic E-state index is 4.41. The van der Waals surface area contributed by atoms with E-state index >= 15 is 0 Å². The molecule has 1 unspecified atom stereocenters. The van der Waals surface area contributed by atoms with Gasteiger partial charge in [0.15, 0.2) is 0 Å². The van der Waals surface area contributed by atoms with Crippen LogP contribution in [0.25, 0.3) is 0 Å². The smallest absolute Gasteiger partial charge is 0.0854 e. The van der Waals surface area contributed by atoms with Crippen LogP contribution in [0, 0.1) is 0 Å². The summed E-state index contributed by atoms with van der Waals surface area (Å²) < 4.78 is 0. The molecule has 0 saturated heterocycles. The van der Waals surface area contributed by atoms with Crippen LogP contribution in [0.4, 0.5) is 0 Å². The predicted molar refractivity (Wildman–Crippen MR) is 104 cm³/mol. The Bertz CT molecular complexity index is 275. The van der Waals surface area contributed by atoms with Crippen molar-refractivity contribution in [1.82, 2.24) is 4.90 Å². The average Bonchev–Trinajstić information content (AvgIpc) is 2.96. The summed E-state index contributed by atoms with van der Waals surface area (Å²) in [7, 11) is 0. The molecule has 0 aromatic heterocycles. The van der Waals surface area contributed by atoms with Crippen LogP contribution in [0.3, 0.4) is 0 Å². The van der Waals surface area contributed by atoms with E-state index < -0.39 is 0 Å². The minimum Gasteiger partial charge on any atom is -0.361 e. The molecule has 0 N–H and O–H groups in total. The zero-order chi connectivity index (χ0) is 16.6. The highest BCUT2D eigenvalue weighted by atomic mass is 15.2. The van der Waals surface area contributed by atoms with Gasteiger partial charge >= 0.3 is 0 Å². The topological polar surface area (TPSA) is 15.6 Å². The van der Waals surface area contributed by atoms with Crippen molar-refractivity contribution in [2.75, 3.05) is 13.1 Å². The molecule has 0 spiro atoms. The standard InChI is InChI=1S/C21H42N2/c1-3-4-5-6-7-8-9-10-11-12-13-14-15-16-17-18-23-19-21(2)22-20-23/h20-21H,3-19H2,1-2H3. The summed E-state index contributed by atoms with van der Waals surface area (Å²) >= 11 is 0. The average molecular weight is 323 g/mol. The van der Waals surface area contributed by atoms with Gasteiger partial charge in [-0.1, -0.05) is 96.8 Å². The summed E-state index contributed by atoms with van der Waals surface area (Å²) in [6, 6.07) is 0.520. The molecule has 1 aliphatic rings. The van der Waals surface area contributed by atoms with Crippen LogP contribution in [-0.4, -0.2) is 30.4 Å². The van der Waals surface area contributed by atoms with E-state index in [1.165, 1.54) is 103 Å². The molecule has 2 nitrogen and oxygen atoms in total. The van der Waals surface area contributed by atoms with Gasteiger partial charge in [0.2, 0.25) is 0 Å². The Hall–Kier alpha value is -0.530. The van der Waals surface area contributed by atoms with Crippen LogP contribution >= 0.6 is 0 Å². The third kappa shape index (κ3) is 12.5. The van der Waals surface area contributed by atoms with Gasteiger partial charge in [-0.15, -0.1) is 0 Å². The van der Waals surface area contributed by atoms with E-state index in [1.807, 2.05) is 0 Å². The molecule has 2 heteroatoms. The summed E-state index contributed by atoms with van der Waals surface area (Å²) in [5, 5.41) is 0. The lowest BCUT2D eigenvalue weighted by atomic mass is 10.0. The van der Waals surface area contributed by atoms with Crippen molar-refractivity contribution in [3.63, 3.8) is 0 Å². The second-order valence-electron chi connectivity index (χ2n) is 7.56. The van der Waals surface area contributed by atoms with Crippen molar-refractivity contribution >= 4 is 6.34 Å². The van der Waals surface area contributed by atoms with Gasteiger partial charge in [0.05, 0.1) is 12.4 Å². The Morgan fingerprint density at radius 1 is 0.739 bits per heavy atom. The van der Waals surface area contributed by atoms with Crippen molar-refractivity contribution < 1.29 is 0 Å². The first-order chi connectivity index (χ1) is 11.3. The SMILES string of the molecule is CCCCCCCCCCCCCCCCCN1C=NC(C)C1. The molecule has 0 aliphatic carbocycles. The van der Waals surface area contributed by atoms with Crippen molar-refractivity contribution in [2.24, 2.45) is 4.99 Å². The zero-order valence-corrected chi connectivity index (χ0v) is 16.1. The minimum absolute atomic E-state index is 0.520. The van der Waals surface area contributed by atoms with Gasteiger partial charge in [0.1, 0.15) is 0 Å². The van der Waals surface area contributed by atoms with Crippen molar-refractivity contribution in [2.45, 2.75) is 116 Å². The third-order valence-electron chi connectivity index (χ3n) is 5.03. The Morgan fingerprint density at radius 2 is 1.17 bits per heavy atom. The molecule has 1 aliphatic heterocycles. The van der Waals surface area contributed by atoms with Crippen molar-refractivity contribution in [3.05, 3.63) is 0 Å². The Morgan fingerprint density at radius 3 is 1.57 bits per heavy atom. The van der Waals surface area contributed by atoms with Gasteiger partial charge in [-0.2, -0.15) is 0 Å². The van der Waals surface area contributed by atoms with E-state index in [-0.39, 0.29) is 0 Å². The molecule has 136 valence electrons. The fourth-order valence-corrected chi connectivity index (χ4v) is 3.48. The Labute approximate surface area is 146 Å². The fourth-order valence-electron chi connectivity index (χ4n) is 3.48. The van der Waals surface area contributed by atoms with Gasteiger partial charge in [-0.05, 0) is 13.3 Å². The second-order valence-corrected chi connectivity index (χ2v) is 7.56.